The Morgan fingerprint density at radius 1 is 1.07 bits per heavy atom. The maximum atomic E-state index is 11.7. The van der Waals surface area contributed by atoms with Gasteiger partial charge >= 0.3 is 11.9 Å². The third kappa shape index (κ3) is 4.73. The number of fused-ring (bicyclic) bond motifs is 3. The summed E-state index contributed by atoms with van der Waals surface area (Å²) in [7, 11) is 0. The number of carbonyl (C=O) groups excluding carboxylic acids is 2. The molecule has 30 heavy (non-hydrogen) atoms. The van der Waals surface area contributed by atoms with Crippen molar-refractivity contribution >= 4 is 33.7 Å². The van der Waals surface area contributed by atoms with Gasteiger partial charge in [0.2, 0.25) is 0 Å². The van der Waals surface area contributed by atoms with E-state index in [1.54, 1.807) is 0 Å². The van der Waals surface area contributed by atoms with Crippen LogP contribution >= 0.6 is 0 Å². The summed E-state index contributed by atoms with van der Waals surface area (Å²) >= 11 is 0. The summed E-state index contributed by atoms with van der Waals surface area (Å²) in [5, 5.41) is 2.08. The van der Waals surface area contributed by atoms with Gasteiger partial charge in [-0.1, -0.05) is 17.7 Å². The predicted octanol–water partition coefficient (Wildman–Crippen LogP) is 5.56. The highest BCUT2D eigenvalue weighted by Crippen LogP contribution is 2.36. The SMILES string of the molecule is CC(=O)Oc1cc2c([nH]c3ccc(CC=C(C)C)cc32)c(C[C@H](C)OC(C)=O)c1C. The number of allylic oxidation sites excluding steroid dienone is 2. The van der Waals surface area contributed by atoms with E-state index in [2.05, 4.69) is 43.1 Å². The van der Waals surface area contributed by atoms with Crippen molar-refractivity contribution in [2.45, 2.75) is 60.5 Å². The Bertz CT molecular complexity index is 1150. The number of benzene rings is 2. The van der Waals surface area contributed by atoms with Crippen molar-refractivity contribution in [3.63, 3.8) is 0 Å². The van der Waals surface area contributed by atoms with Crippen molar-refractivity contribution in [3.05, 3.63) is 52.6 Å². The fourth-order valence-electron chi connectivity index (χ4n) is 3.80. The number of ether oxygens (including phenoxy) is 2. The van der Waals surface area contributed by atoms with Crippen LogP contribution in [0.15, 0.2) is 35.9 Å². The van der Waals surface area contributed by atoms with Crippen LogP contribution in [0.3, 0.4) is 0 Å². The number of H-pyrrole nitrogens is 1. The Kier molecular flexibility index (Phi) is 6.30. The monoisotopic (exact) mass is 407 g/mol. The highest BCUT2D eigenvalue weighted by Gasteiger charge is 2.19. The number of carbonyl (C=O) groups is 2. The van der Waals surface area contributed by atoms with Gasteiger partial charge in [-0.3, -0.25) is 9.59 Å². The highest BCUT2D eigenvalue weighted by molar-refractivity contribution is 6.09. The average Bonchev–Trinajstić information content (AvgIpc) is 3.00. The first-order chi connectivity index (χ1) is 14.2. The number of hydrogen-bond acceptors (Lipinski definition) is 4. The van der Waals surface area contributed by atoms with Crippen LogP contribution in [0, 0.1) is 6.92 Å². The largest absolute Gasteiger partial charge is 0.463 e. The lowest BCUT2D eigenvalue weighted by Crippen LogP contribution is -2.16. The molecule has 3 aromatic rings. The lowest BCUT2D eigenvalue weighted by Gasteiger charge is -2.17. The zero-order chi connectivity index (χ0) is 22.0. The zero-order valence-corrected chi connectivity index (χ0v) is 18.5. The van der Waals surface area contributed by atoms with E-state index in [4.69, 9.17) is 9.47 Å². The Morgan fingerprint density at radius 2 is 1.80 bits per heavy atom. The molecule has 0 amide bonds. The van der Waals surface area contributed by atoms with E-state index < -0.39 is 0 Å². The predicted molar refractivity (Wildman–Crippen MR) is 120 cm³/mol. The van der Waals surface area contributed by atoms with Gasteiger partial charge in [-0.15, -0.1) is 0 Å². The van der Waals surface area contributed by atoms with Crippen LogP contribution in [0.1, 0.15) is 51.3 Å². The molecule has 0 fully saturated rings. The number of nitrogens with one attached hydrogen (secondary N) is 1. The number of rotatable bonds is 6. The fourth-order valence-corrected chi connectivity index (χ4v) is 3.80. The van der Waals surface area contributed by atoms with Crippen LogP contribution in [0.2, 0.25) is 0 Å². The quantitative estimate of drug-likeness (QED) is 0.330. The average molecular weight is 408 g/mol. The molecule has 0 aliphatic heterocycles. The summed E-state index contributed by atoms with van der Waals surface area (Å²) in [6, 6.07) is 8.32. The van der Waals surface area contributed by atoms with Gasteiger partial charge in [0, 0.05) is 36.6 Å². The third-order valence-corrected chi connectivity index (χ3v) is 5.16. The number of aromatic amines is 1. The van der Waals surface area contributed by atoms with Gasteiger partial charge in [0.1, 0.15) is 11.9 Å². The summed E-state index contributed by atoms with van der Waals surface area (Å²) in [4.78, 5) is 26.6. The van der Waals surface area contributed by atoms with Crippen LogP contribution in [-0.4, -0.2) is 23.0 Å². The zero-order valence-electron chi connectivity index (χ0n) is 18.5. The Labute approximate surface area is 177 Å². The van der Waals surface area contributed by atoms with E-state index >= 15 is 0 Å². The minimum Gasteiger partial charge on any atom is -0.463 e. The number of aromatic nitrogens is 1. The minimum atomic E-state index is -0.361. The van der Waals surface area contributed by atoms with Gasteiger partial charge in [0.25, 0.3) is 0 Å². The smallest absolute Gasteiger partial charge is 0.308 e. The summed E-state index contributed by atoms with van der Waals surface area (Å²) in [5.41, 5.74) is 6.36. The summed E-state index contributed by atoms with van der Waals surface area (Å²) in [6.07, 6.45) is 3.30. The Balaban J connectivity index is 2.20. The molecule has 5 heteroatoms. The van der Waals surface area contributed by atoms with Crippen LogP contribution < -0.4 is 4.74 Å². The lowest BCUT2D eigenvalue weighted by molar-refractivity contribution is -0.145. The molecule has 0 aliphatic rings. The summed E-state index contributed by atoms with van der Waals surface area (Å²) in [5.74, 6) is -0.135. The molecule has 0 aliphatic carbocycles. The molecule has 0 radical (unpaired) electrons. The van der Waals surface area contributed by atoms with E-state index in [1.807, 2.05) is 19.9 Å². The van der Waals surface area contributed by atoms with Crippen molar-refractivity contribution in [1.82, 2.24) is 4.98 Å². The lowest BCUT2D eigenvalue weighted by atomic mass is 9.97. The second-order valence-electron chi connectivity index (χ2n) is 8.11. The van der Waals surface area contributed by atoms with Gasteiger partial charge in [-0.05, 0) is 69.0 Å². The summed E-state index contributed by atoms with van der Waals surface area (Å²) < 4.78 is 10.9. The summed E-state index contributed by atoms with van der Waals surface area (Å²) in [6.45, 7) is 10.8. The molecular formula is C25H29NO4. The van der Waals surface area contributed by atoms with Crippen molar-refractivity contribution < 1.29 is 19.1 Å². The Hall–Kier alpha value is -3.08. The molecule has 3 rings (SSSR count). The van der Waals surface area contributed by atoms with Gasteiger partial charge < -0.3 is 14.5 Å². The first-order valence-electron chi connectivity index (χ1n) is 10.2. The Morgan fingerprint density at radius 3 is 2.43 bits per heavy atom. The highest BCUT2D eigenvalue weighted by atomic mass is 16.5. The molecule has 0 saturated carbocycles. The first kappa shape index (κ1) is 21.6. The normalized spacial score (nSPS) is 12.1. The van der Waals surface area contributed by atoms with Crippen molar-refractivity contribution in [2.24, 2.45) is 0 Å². The molecular weight excluding hydrogens is 378 g/mol. The molecule has 2 aromatic carbocycles. The van der Waals surface area contributed by atoms with E-state index in [1.165, 1.54) is 25.0 Å². The second kappa shape index (κ2) is 8.74. The standard InChI is InChI=1S/C25H29NO4/c1-14(2)7-8-19-9-10-23-21(12-19)22-13-24(30-18(6)28)16(4)20(25(22)26-23)11-15(3)29-17(5)27/h7,9-10,12-13,15,26H,8,11H2,1-6H3/t15-/m0/s1. The van der Waals surface area contributed by atoms with E-state index in [9.17, 15) is 9.59 Å². The molecule has 0 spiro atoms. The van der Waals surface area contributed by atoms with Crippen LogP contribution in [0.5, 0.6) is 5.75 Å². The van der Waals surface area contributed by atoms with Crippen LogP contribution in [0.25, 0.3) is 21.8 Å². The molecule has 1 N–H and O–H groups in total. The second-order valence-corrected chi connectivity index (χ2v) is 8.11. The molecule has 5 nitrogen and oxygen atoms in total. The number of hydrogen-bond donors (Lipinski definition) is 1. The molecule has 0 unspecified atom stereocenters. The van der Waals surface area contributed by atoms with Gasteiger partial charge in [0.05, 0.1) is 5.52 Å². The maximum absolute atomic E-state index is 11.7. The molecule has 0 bridgehead atoms. The van der Waals surface area contributed by atoms with Gasteiger partial charge in [-0.25, -0.2) is 0 Å². The fraction of sp³-hybridized carbons (Fsp3) is 0.360. The van der Waals surface area contributed by atoms with Crippen molar-refractivity contribution in [1.29, 1.82) is 0 Å². The van der Waals surface area contributed by atoms with Gasteiger partial charge in [0.15, 0.2) is 0 Å². The van der Waals surface area contributed by atoms with E-state index in [0.29, 0.717) is 12.2 Å². The molecule has 1 aromatic heterocycles. The van der Waals surface area contributed by atoms with Crippen molar-refractivity contribution in [2.75, 3.05) is 0 Å². The third-order valence-electron chi connectivity index (χ3n) is 5.16. The van der Waals surface area contributed by atoms with Crippen molar-refractivity contribution in [3.8, 4) is 5.75 Å². The number of esters is 2. The molecule has 0 saturated heterocycles. The minimum absolute atomic E-state index is 0.295. The topological polar surface area (TPSA) is 68.4 Å². The maximum Gasteiger partial charge on any atom is 0.308 e. The van der Waals surface area contributed by atoms with E-state index in [-0.39, 0.29) is 18.0 Å². The first-order valence-corrected chi connectivity index (χ1v) is 10.2. The van der Waals surface area contributed by atoms with E-state index in [0.717, 1.165) is 39.4 Å². The molecule has 158 valence electrons. The molecule has 1 atom stereocenters. The van der Waals surface area contributed by atoms with Crippen LogP contribution in [-0.2, 0) is 27.2 Å². The molecule has 1 heterocycles. The van der Waals surface area contributed by atoms with Gasteiger partial charge in [-0.2, -0.15) is 0 Å². The van der Waals surface area contributed by atoms with Crippen LogP contribution in [0.4, 0.5) is 0 Å².